The van der Waals surface area contributed by atoms with Gasteiger partial charge >= 0.3 is 0 Å². The molecule has 5 nitrogen and oxygen atoms in total. The molecular formula is C55H35N5. The normalized spacial score (nSPS) is 11.7. The largest absolute Gasteiger partial charge is 0.309 e. The van der Waals surface area contributed by atoms with Gasteiger partial charge in [-0.25, -0.2) is 15.0 Å². The summed E-state index contributed by atoms with van der Waals surface area (Å²) in [5.74, 6) is 1.88. The molecule has 280 valence electrons. The van der Waals surface area contributed by atoms with Crippen LogP contribution in [0.4, 0.5) is 0 Å². The molecule has 12 aromatic rings. The van der Waals surface area contributed by atoms with Crippen LogP contribution in [0.5, 0.6) is 0 Å². The van der Waals surface area contributed by atoms with E-state index in [1.165, 1.54) is 38.1 Å². The highest BCUT2D eigenvalue weighted by Crippen LogP contribution is 2.40. The van der Waals surface area contributed by atoms with Gasteiger partial charge in [-0.2, -0.15) is 0 Å². The SMILES string of the molecule is c1ccc(-c2nc(-c3cccc(-n4c5ccccc5c5ccccc54)c3)nc(-c3ccc4ccc(-c5cccc6c5c5ccccc5n6-c5ccccc5)cc4c3)n2)cc1. The molecule has 5 heteroatoms. The lowest BCUT2D eigenvalue weighted by Gasteiger charge is -2.12. The van der Waals surface area contributed by atoms with Crippen LogP contribution >= 0.6 is 0 Å². The molecule has 0 fully saturated rings. The molecule has 9 aromatic carbocycles. The first-order valence-corrected chi connectivity index (χ1v) is 20.3. The zero-order valence-corrected chi connectivity index (χ0v) is 32.4. The molecule has 0 aliphatic rings. The summed E-state index contributed by atoms with van der Waals surface area (Å²) in [4.78, 5) is 15.4. The third kappa shape index (κ3) is 5.52. The first kappa shape index (κ1) is 33.9. The van der Waals surface area contributed by atoms with Crippen molar-refractivity contribution in [2.24, 2.45) is 0 Å². The Hall–Kier alpha value is -8.15. The molecule has 0 N–H and O–H groups in total. The Balaban J connectivity index is 1.00. The van der Waals surface area contributed by atoms with Gasteiger partial charge in [0.1, 0.15) is 0 Å². The van der Waals surface area contributed by atoms with Crippen LogP contribution in [-0.2, 0) is 0 Å². The number of hydrogen-bond acceptors (Lipinski definition) is 3. The van der Waals surface area contributed by atoms with Crippen LogP contribution in [0.25, 0.3) is 111 Å². The van der Waals surface area contributed by atoms with E-state index in [-0.39, 0.29) is 0 Å². The van der Waals surface area contributed by atoms with Gasteiger partial charge < -0.3 is 9.13 Å². The van der Waals surface area contributed by atoms with E-state index < -0.39 is 0 Å². The Morgan fingerprint density at radius 3 is 1.45 bits per heavy atom. The maximum atomic E-state index is 5.21. The molecule has 3 aromatic heterocycles. The van der Waals surface area contributed by atoms with Crippen molar-refractivity contribution >= 4 is 54.4 Å². The molecule has 0 atom stereocenters. The maximum absolute atomic E-state index is 5.21. The van der Waals surface area contributed by atoms with Crippen LogP contribution in [0.2, 0.25) is 0 Å². The lowest BCUT2D eigenvalue weighted by Crippen LogP contribution is -2.01. The second-order valence-corrected chi connectivity index (χ2v) is 15.3. The second-order valence-electron chi connectivity index (χ2n) is 15.3. The van der Waals surface area contributed by atoms with Crippen LogP contribution in [-0.4, -0.2) is 24.1 Å². The molecular weight excluding hydrogens is 731 g/mol. The lowest BCUT2D eigenvalue weighted by molar-refractivity contribution is 1.07. The fraction of sp³-hybridized carbons (Fsp3) is 0. The van der Waals surface area contributed by atoms with Gasteiger partial charge in [0.05, 0.1) is 22.1 Å². The molecule has 0 radical (unpaired) electrons. The van der Waals surface area contributed by atoms with Crippen LogP contribution in [0.1, 0.15) is 0 Å². The number of rotatable bonds is 6. The fourth-order valence-electron chi connectivity index (χ4n) is 9.00. The van der Waals surface area contributed by atoms with Crippen LogP contribution in [0, 0.1) is 0 Å². The summed E-state index contributed by atoms with van der Waals surface area (Å²) in [5, 5.41) is 7.19. The van der Waals surface area contributed by atoms with Gasteiger partial charge in [-0.3, -0.25) is 0 Å². The molecule has 0 unspecified atom stereocenters. The zero-order valence-electron chi connectivity index (χ0n) is 32.4. The van der Waals surface area contributed by atoms with Gasteiger partial charge in [0.15, 0.2) is 17.5 Å². The molecule has 0 bridgehead atoms. The van der Waals surface area contributed by atoms with Crippen molar-refractivity contribution in [1.82, 2.24) is 24.1 Å². The van der Waals surface area contributed by atoms with Crippen molar-refractivity contribution in [3.8, 4) is 56.7 Å². The number of benzene rings is 9. The smallest absolute Gasteiger partial charge is 0.164 e. The fourth-order valence-corrected chi connectivity index (χ4v) is 9.00. The summed E-state index contributed by atoms with van der Waals surface area (Å²) in [5.41, 5.74) is 12.0. The summed E-state index contributed by atoms with van der Waals surface area (Å²) in [6, 6.07) is 75.1. The van der Waals surface area contributed by atoms with Crippen molar-refractivity contribution in [2.75, 3.05) is 0 Å². The van der Waals surface area contributed by atoms with Crippen molar-refractivity contribution in [3.63, 3.8) is 0 Å². The summed E-state index contributed by atoms with van der Waals surface area (Å²) >= 11 is 0. The van der Waals surface area contributed by atoms with Crippen LogP contribution in [0.15, 0.2) is 212 Å². The highest BCUT2D eigenvalue weighted by Gasteiger charge is 2.18. The van der Waals surface area contributed by atoms with E-state index in [4.69, 9.17) is 15.0 Å². The molecule has 0 spiro atoms. The minimum Gasteiger partial charge on any atom is -0.309 e. The molecule has 0 amide bonds. The lowest BCUT2D eigenvalue weighted by atomic mass is 9.96. The average molecular weight is 766 g/mol. The Morgan fingerprint density at radius 2 is 0.750 bits per heavy atom. The summed E-state index contributed by atoms with van der Waals surface area (Å²) < 4.78 is 4.70. The number of fused-ring (bicyclic) bond motifs is 7. The highest BCUT2D eigenvalue weighted by atomic mass is 15.0. The van der Waals surface area contributed by atoms with Gasteiger partial charge in [0, 0.05) is 49.6 Å². The van der Waals surface area contributed by atoms with Crippen molar-refractivity contribution < 1.29 is 0 Å². The molecule has 12 rings (SSSR count). The van der Waals surface area contributed by atoms with Crippen molar-refractivity contribution in [3.05, 3.63) is 212 Å². The molecule has 0 saturated heterocycles. The van der Waals surface area contributed by atoms with E-state index in [0.717, 1.165) is 55.4 Å². The van der Waals surface area contributed by atoms with Gasteiger partial charge in [-0.1, -0.05) is 152 Å². The molecule has 3 heterocycles. The maximum Gasteiger partial charge on any atom is 0.164 e. The minimum atomic E-state index is 0.622. The molecule has 0 saturated carbocycles. The quantitative estimate of drug-likeness (QED) is 0.169. The number of para-hydroxylation sites is 4. The summed E-state index contributed by atoms with van der Waals surface area (Å²) in [6.45, 7) is 0. The van der Waals surface area contributed by atoms with Gasteiger partial charge in [0.25, 0.3) is 0 Å². The van der Waals surface area contributed by atoms with E-state index >= 15 is 0 Å². The van der Waals surface area contributed by atoms with E-state index in [1.807, 2.05) is 18.2 Å². The molecule has 60 heavy (non-hydrogen) atoms. The summed E-state index contributed by atoms with van der Waals surface area (Å²) in [6.07, 6.45) is 0. The first-order valence-electron chi connectivity index (χ1n) is 20.3. The Labute approximate surface area is 346 Å². The first-order chi connectivity index (χ1) is 29.7. The van der Waals surface area contributed by atoms with Gasteiger partial charge in [0.2, 0.25) is 0 Å². The number of aromatic nitrogens is 5. The van der Waals surface area contributed by atoms with E-state index in [0.29, 0.717) is 17.5 Å². The summed E-state index contributed by atoms with van der Waals surface area (Å²) in [7, 11) is 0. The standard InChI is InChI=1S/C55H35N5/c1-3-15-37(16-4-1)53-56-54(39-17-13-20-43(35-39)60-48-25-10-7-21-45(48)46-22-8-11-26-49(46)60)58-55(57-53)40-32-30-36-29-31-38(33-41(36)34-40)44-24-14-28-51-52(44)47-23-9-12-27-50(47)59(51)42-18-5-2-6-19-42/h1-35H. The molecule has 0 aliphatic carbocycles. The number of hydrogen-bond donors (Lipinski definition) is 0. The van der Waals surface area contributed by atoms with Crippen LogP contribution in [0.3, 0.4) is 0 Å². The van der Waals surface area contributed by atoms with Crippen LogP contribution < -0.4 is 0 Å². The zero-order chi connectivity index (χ0) is 39.6. The topological polar surface area (TPSA) is 48.5 Å². The van der Waals surface area contributed by atoms with E-state index in [9.17, 15) is 0 Å². The Kier molecular flexibility index (Phi) is 7.78. The predicted octanol–water partition coefficient (Wildman–Crippen LogP) is 13.9. The second kappa shape index (κ2) is 13.8. The Bertz CT molecular complexity index is 3550. The van der Waals surface area contributed by atoms with Gasteiger partial charge in [-0.15, -0.1) is 0 Å². The minimum absolute atomic E-state index is 0.622. The third-order valence-electron chi connectivity index (χ3n) is 11.7. The monoisotopic (exact) mass is 765 g/mol. The highest BCUT2D eigenvalue weighted by molar-refractivity contribution is 6.16. The van der Waals surface area contributed by atoms with Crippen molar-refractivity contribution in [1.29, 1.82) is 0 Å². The van der Waals surface area contributed by atoms with Crippen molar-refractivity contribution in [2.45, 2.75) is 0 Å². The average Bonchev–Trinajstić information content (AvgIpc) is 3.85. The third-order valence-corrected chi connectivity index (χ3v) is 11.7. The predicted molar refractivity (Wildman–Crippen MR) is 248 cm³/mol. The molecule has 0 aliphatic heterocycles. The Morgan fingerprint density at radius 1 is 0.283 bits per heavy atom. The van der Waals surface area contributed by atoms with E-state index in [2.05, 4.69) is 203 Å². The number of nitrogens with zero attached hydrogens (tertiary/aromatic N) is 5. The van der Waals surface area contributed by atoms with E-state index in [1.54, 1.807) is 0 Å². The van der Waals surface area contributed by atoms with Gasteiger partial charge in [-0.05, 0) is 82.6 Å².